The summed E-state index contributed by atoms with van der Waals surface area (Å²) in [6, 6.07) is 0. The molecule has 1 aliphatic rings. The highest BCUT2D eigenvalue weighted by molar-refractivity contribution is 4.73. The maximum Gasteiger partial charge on any atom is 0.0826 e. The normalized spacial score (nSPS) is 21.3. The molecule has 1 heterocycles. The van der Waals surface area contributed by atoms with Gasteiger partial charge in [-0.2, -0.15) is 0 Å². The van der Waals surface area contributed by atoms with Crippen molar-refractivity contribution in [3.05, 3.63) is 0 Å². The molecule has 1 N–H and O–H groups in total. The molecule has 0 aromatic carbocycles. The summed E-state index contributed by atoms with van der Waals surface area (Å²) in [7, 11) is 0. The Labute approximate surface area is 125 Å². The zero-order valence-electron chi connectivity index (χ0n) is 13.9. The second-order valence-corrected chi connectivity index (χ2v) is 6.88. The van der Waals surface area contributed by atoms with Gasteiger partial charge in [0.1, 0.15) is 0 Å². The van der Waals surface area contributed by atoms with Gasteiger partial charge in [-0.05, 0) is 24.8 Å². The molecule has 0 amide bonds. The number of nitrogens with zero attached hydrogens (tertiary/aromatic N) is 1. The van der Waals surface area contributed by atoms with Crippen LogP contribution in [-0.2, 0) is 9.47 Å². The minimum atomic E-state index is 0.338. The molecule has 1 fully saturated rings. The topological polar surface area (TPSA) is 33.7 Å². The quantitative estimate of drug-likeness (QED) is 0.659. The lowest BCUT2D eigenvalue weighted by atomic mass is 9.91. The van der Waals surface area contributed by atoms with Gasteiger partial charge in [0.05, 0.1) is 19.3 Å². The van der Waals surface area contributed by atoms with E-state index in [1.54, 1.807) is 0 Å². The fourth-order valence-corrected chi connectivity index (χ4v) is 2.41. The third kappa shape index (κ3) is 8.90. The molecule has 4 nitrogen and oxygen atoms in total. The molecule has 0 aliphatic carbocycles. The molecule has 0 aromatic rings. The molecule has 0 saturated carbocycles. The molecular weight excluding hydrogens is 252 g/mol. The Morgan fingerprint density at radius 3 is 2.80 bits per heavy atom. The van der Waals surface area contributed by atoms with Crippen molar-refractivity contribution in [1.82, 2.24) is 10.2 Å². The van der Waals surface area contributed by atoms with Crippen molar-refractivity contribution in [2.45, 2.75) is 46.6 Å². The van der Waals surface area contributed by atoms with Crippen molar-refractivity contribution >= 4 is 0 Å². The van der Waals surface area contributed by atoms with Crippen molar-refractivity contribution in [2.75, 3.05) is 52.5 Å². The Hall–Kier alpha value is -0.160. The van der Waals surface area contributed by atoms with Gasteiger partial charge >= 0.3 is 0 Å². The van der Waals surface area contributed by atoms with Crippen LogP contribution in [0, 0.1) is 5.41 Å². The lowest BCUT2D eigenvalue weighted by Crippen LogP contribution is -2.47. The minimum Gasteiger partial charge on any atom is -0.380 e. The SMILES string of the molecule is CCNCC1CN(CCOCCCC(C)(C)C)CCO1. The van der Waals surface area contributed by atoms with Crippen molar-refractivity contribution < 1.29 is 9.47 Å². The van der Waals surface area contributed by atoms with Gasteiger partial charge in [-0.3, -0.25) is 4.90 Å². The number of rotatable bonds is 9. The number of likely N-dealkylation sites (N-methyl/N-ethyl adjacent to an activating group) is 1. The van der Waals surface area contributed by atoms with Gasteiger partial charge in [-0.25, -0.2) is 0 Å². The zero-order valence-corrected chi connectivity index (χ0v) is 13.9. The van der Waals surface area contributed by atoms with Gasteiger partial charge in [0, 0.05) is 32.8 Å². The lowest BCUT2D eigenvalue weighted by Gasteiger charge is -2.32. The third-order valence-corrected chi connectivity index (χ3v) is 3.61. The predicted molar refractivity (Wildman–Crippen MR) is 84.2 cm³/mol. The Morgan fingerprint density at radius 1 is 1.30 bits per heavy atom. The molecule has 0 bridgehead atoms. The van der Waals surface area contributed by atoms with Crippen LogP contribution in [0.1, 0.15) is 40.5 Å². The standard InChI is InChI=1S/C16H34N2O2/c1-5-17-13-15-14-18(9-12-20-15)8-11-19-10-6-7-16(2,3)4/h15,17H,5-14H2,1-4H3. The first-order valence-corrected chi connectivity index (χ1v) is 8.13. The van der Waals surface area contributed by atoms with Crippen LogP contribution in [0.5, 0.6) is 0 Å². The van der Waals surface area contributed by atoms with Gasteiger partial charge in [-0.1, -0.05) is 27.7 Å². The first-order chi connectivity index (χ1) is 9.51. The Bertz CT molecular complexity index is 241. The molecule has 1 aliphatic heterocycles. The van der Waals surface area contributed by atoms with Gasteiger partial charge in [-0.15, -0.1) is 0 Å². The summed E-state index contributed by atoms with van der Waals surface area (Å²) in [6.45, 7) is 16.6. The van der Waals surface area contributed by atoms with Crippen molar-refractivity contribution in [3.8, 4) is 0 Å². The Morgan fingerprint density at radius 2 is 2.10 bits per heavy atom. The summed E-state index contributed by atoms with van der Waals surface area (Å²) in [5, 5.41) is 3.35. The predicted octanol–water partition coefficient (Wildman–Crippen LogP) is 2.14. The number of hydrogen-bond acceptors (Lipinski definition) is 4. The lowest BCUT2D eigenvalue weighted by molar-refractivity contribution is -0.0349. The molecule has 1 unspecified atom stereocenters. The van der Waals surface area contributed by atoms with Crippen LogP contribution in [0.3, 0.4) is 0 Å². The van der Waals surface area contributed by atoms with Crippen LogP contribution in [0.4, 0.5) is 0 Å². The molecule has 120 valence electrons. The van der Waals surface area contributed by atoms with Gasteiger partial charge < -0.3 is 14.8 Å². The molecule has 0 spiro atoms. The van der Waals surface area contributed by atoms with E-state index in [2.05, 4.69) is 37.9 Å². The van der Waals surface area contributed by atoms with E-state index in [1.807, 2.05) is 0 Å². The summed E-state index contributed by atoms with van der Waals surface area (Å²) in [5.41, 5.74) is 0.424. The summed E-state index contributed by atoms with van der Waals surface area (Å²) < 4.78 is 11.5. The summed E-state index contributed by atoms with van der Waals surface area (Å²) in [4.78, 5) is 2.45. The van der Waals surface area contributed by atoms with E-state index in [0.717, 1.165) is 59.0 Å². The maximum absolute atomic E-state index is 5.75. The molecule has 0 aromatic heterocycles. The summed E-state index contributed by atoms with van der Waals surface area (Å²) >= 11 is 0. The first-order valence-electron chi connectivity index (χ1n) is 8.13. The number of morpholine rings is 1. The second-order valence-electron chi connectivity index (χ2n) is 6.88. The monoisotopic (exact) mass is 286 g/mol. The average Bonchev–Trinajstić information content (AvgIpc) is 2.40. The van der Waals surface area contributed by atoms with E-state index in [-0.39, 0.29) is 0 Å². The Balaban J connectivity index is 2.01. The minimum absolute atomic E-state index is 0.338. The maximum atomic E-state index is 5.75. The first kappa shape index (κ1) is 17.9. The van der Waals surface area contributed by atoms with Crippen molar-refractivity contribution in [2.24, 2.45) is 5.41 Å². The highest BCUT2D eigenvalue weighted by Gasteiger charge is 2.19. The molecule has 20 heavy (non-hydrogen) atoms. The molecule has 1 saturated heterocycles. The van der Waals surface area contributed by atoms with E-state index in [1.165, 1.54) is 6.42 Å². The molecule has 4 heteroatoms. The number of nitrogens with one attached hydrogen (secondary N) is 1. The summed E-state index contributed by atoms with van der Waals surface area (Å²) in [5.74, 6) is 0. The number of hydrogen-bond donors (Lipinski definition) is 1. The highest BCUT2D eigenvalue weighted by atomic mass is 16.5. The van der Waals surface area contributed by atoms with Crippen LogP contribution in [0.2, 0.25) is 0 Å². The molecule has 1 atom stereocenters. The van der Waals surface area contributed by atoms with Crippen LogP contribution < -0.4 is 5.32 Å². The van der Waals surface area contributed by atoms with E-state index < -0.39 is 0 Å². The third-order valence-electron chi connectivity index (χ3n) is 3.61. The van der Waals surface area contributed by atoms with Crippen molar-refractivity contribution in [3.63, 3.8) is 0 Å². The fraction of sp³-hybridized carbons (Fsp3) is 1.00. The van der Waals surface area contributed by atoms with Gasteiger partial charge in [0.2, 0.25) is 0 Å². The number of ether oxygens (including phenoxy) is 2. The van der Waals surface area contributed by atoms with Gasteiger partial charge in [0.15, 0.2) is 0 Å². The molecule has 0 radical (unpaired) electrons. The van der Waals surface area contributed by atoms with E-state index >= 15 is 0 Å². The zero-order chi connectivity index (χ0) is 14.8. The van der Waals surface area contributed by atoms with Crippen LogP contribution >= 0.6 is 0 Å². The van der Waals surface area contributed by atoms with Crippen LogP contribution in [-0.4, -0.2) is 63.5 Å². The molecule has 1 rings (SSSR count). The van der Waals surface area contributed by atoms with Crippen LogP contribution in [0.15, 0.2) is 0 Å². The summed E-state index contributed by atoms with van der Waals surface area (Å²) in [6.07, 6.45) is 2.73. The van der Waals surface area contributed by atoms with Crippen LogP contribution in [0.25, 0.3) is 0 Å². The van der Waals surface area contributed by atoms with Crippen molar-refractivity contribution in [1.29, 1.82) is 0 Å². The van der Waals surface area contributed by atoms with E-state index in [9.17, 15) is 0 Å². The fourth-order valence-electron chi connectivity index (χ4n) is 2.41. The van der Waals surface area contributed by atoms with E-state index in [4.69, 9.17) is 9.47 Å². The second kappa shape index (κ2) is 9.72. The largest absolute Gasteiger partial charge is 0.380 e. The molecular formula is C16H34N2O2. The average molecular weight is 286 g/mol. The van der Waals surface area contributed by atoms with E-state index in [0.29, 0.717) is 11.5 Å². The Kier molecular flexibility index (Phi) is 8.69. The highest BCUT2D eigenvalue weighted by Crippen LogP contribution is 2.20. The smallest absolute Gasteiger partial charge is 0.0826 e. The van der Waals surface area contributed by atoms with Gasteiger partial charge in [0.25, 0.3) is 0 Å².